The second kappa shape index (κ2) is 11.4. The highest BCUT2D eigenvalue weighted by Gasteiger charge is 2.44. The smallest absolute Gasteiger partial charge is 0.410 e. The van der Waals surface area contributed by atoms with Crippen LogP contribution in [0.25, 0.3) is 22.2 Å². The molecule has 0 saturated carbocycles. The lowest BCUT2D eigenvalue weighted by atomic mass is 9.82. The number of aryl methyl sites for hydroxylation is 1. The Morgan fingerprint density at radius 3 is 2.52 bits per heavy atom. The van der Waals surface area contributed by atoms with E-state index in [0.717, 1.165) is 31.3 Å². The Labute approximate surface area is 255 Å². The molecule has 44 heavy (non-hydrogen) atoms. The molecule has 12 heteroatoms. The van der Waals surface area contributed by atoms with Crippen molar-refractivity contribution >= 4 is 28.9 Å². The monoisotopic (exact) mass is 604 g/mol. The number of anilines is 2. The molecule has 1 aromatic carbocycles. The maximum absolute atomic E-state index is 15.1. The number of imidazole rings is 1. The summed E-state index contributed by atoms with van der Waals surface area (Å²) >= 11 is 0. The summed E-state index contributed by atoms with van der Waals surface area (Å²) in [6.45, 7) is 14.5. The number of nitrogens with one attached hydrogen (secondary N) is 1. The van der Waals surface area contributed by atoms with Crippen molar-refractivity contribution in [2.45, 2.75) is 72.2 Å². The van der Waals surface area contributed by atoms with Gasteiger partial charge in [0, 0.05) is 61.8 Å². The summed E-state index contributed by atoms with van der Waals surface area (Å²) in [4.78, 5) is 34.1. The number of pyridine rings is 1. The molecule has 1 N–H and O–H groups in total. The van der Waals surface area contributed by atoms with Crippen molar-refractivity contribution in [1.82, 2.24) is 34.3 Å². The number of amides is 1. The SMILES string of the molecule is Cc1nc2c(F)cc(-c3cc(Nc4ncc(CN5C[C@H]6CCN(C(=O)OC(C)(C)C)C[C@H]65)cn4)ncc3F)cc2n1C(C)C. The third-order valence-electron chi connectivity index (χ3n) is 8.25. The number of halogens is 2. The Balaban J connectivity index is 1.13. The molecule has 2 aliphatic heterocycles. The summed E-state index contributed by atoms with van der Waals surface area (Å²) < 4.78 is 37.5. The Morgan fingerprint density at radius 1 is 1.07 bits per heavy atom. The maximum Gasteiger partial charge on any atom is 0.410 e. The zero-order chi connectivity index (χ0) is 31.3. The normalized spacial score (nSPS) is 18.8. The fourth-order valence-corrected chi connectivity index (χ4v) is 6.23. The van der Waals surface area contributed by atoms with Gasteiger partial charge in [0.15, 0.2) is 5.82 Å². The number of piperidine rings is 1. The molecule has 1 amide bonds. The number of hydrogen-bond acceptors (Lipinski definition) is 8. The van der Waals surface area contributed by atoms with E-state index < -0.39 is 17.2 Å². The minimum atomic E-state index is -0.571. The van der Waals surface area contributed by atoms with E-state index in [1.54, 1.807) is 23.4 Å². The molecular weight excluding hydrogens is 566 g/mol. The van der Waals surface area contributed by atoms with Gasteiger partial charge in [-0.25, -0.2) is 33.5 Å². The number of carbonyl (C=O) groups excluding carboxylic acids is 1. The van der Waals surface area contributed by atoms with Gasteiger partial charge in [-0.3, -0.25) is 4.90 Å². The maximum atomic E-state index is 15.1. The number of fused-ring (bicyclic) bond motifs is 2. The predicted octanol–water partition coefficient (Wildman–Crippen LogP) is 6.24. The van der Waals surface area contributed by atoms with Crippen molar-refractivity contribution in [3.63, 3.8) is 0 Å². The minimum Gasteiger partial charge on any atom is -0.444 e. The lowest BCUT2D eigenvalue weighted by Gasteiger charge is -2.53. The van der Waals surface area contributed by atoms with Crippen molar-refractivity contribution in [3.8, 4) is 11.1 Å². The van der Waals surface area contributed by atoms with Gasteiger partial charge in [-0.05, 0) is 77.6 Å². The van der Waals surface area contributed by atoms with Crippen LogP contribution in [0.3, 0.4) is 0 Å². The lowest BCUT2D eigenvalue weighted by Crippen LogP contribution is -2.64. The molecule has 4 aromatic rings. The number of benzene rings is 1. The molecule has 6 rings (SSSR count). The molecule has 0 radical (unpaired) electrons. The van der Waals surface area contributed by atoms with Crippen LogP contribution in [0.4, 0.5) is 25.3 Å². The van der Waals surface area contributed by atoms with E-state index in [0.29, 0.717) is 47.7 Å². The van der Waals surface area contributed by atoms with E-state index in [-0.39, 0.29) is 29.3 Å². The first-order valence-electron chi connectivity index (χ1n) is 15.0. The van der Waals surface area contributed by atoms with E-state index in [4.69, 9.17) is 4.74 Å². The molecule has 232 valence electrons. The summed E-state index contributed by atoms with van der Waals surface area (Å²) in [7, 11) is 0. The zero-order valence-corrected chi connectivity index (χ0v) is 25.9. The standard InChI is InChI=1S/C32H38F2N8O2/c1-18(2)42-19(3)38-29-24(33)9-22(10-26(29)42)23-11-28(35-14-25(23)34)39-30-36-12-20(13-37-30)15-41-16-21-7-8-40(17-27(21)41)31(43)44-32(4,5)6/h9-14,18,21,27H,7-8,15-17H2,1-6H3,(H,35,36,37,39)/t21-,27-/m1/s1. The van der Waals surface area contributed by atoms with Crippen LogP contribution >= 0.6 is 0 Å². The van der Waals surface area contributed by atoms with Gasteiger partial charge >= 0.3 is 6.09 Å². The van der Waals surface area contributed by atoms with Gasteiger partial charge in [-0.2, -0.15) is 0 Å². The summed E-state index contributed by atoms with van der Waals surface area (Å²) in [5.74, 6) is 0.822. The van der Waals surface area contributed by atoms with E-state index in [1.165, 1.54) is 12.1 Å². The molecule has 2 aliphatic rings. The predicted molar refractivity (Wildman–Crippen MR) is 163 cm³/mol. The molecule has 0 bridgehead atoms. The van der Waals surface area contributed by atoms with E-state index in [9.17, 15) is 9.18 Å². The topological polar surface area (TPSA) is 101 Å². The number of carbonyl (C=O) groups is 1. The van der Waals surface area contributed by atoms with Crippen molar-refractivity contribution in [2.75, 3.05) is 25.0 Å². The number of hydrogen-bond donors (Lipinski definition) is 1. The third-order valence-corrected chi connectivity index (χ3v) is 8.25. The summed E-state index contributed by atoms with van der Waals surface area (Å²) in [6.07, 6.45) is 5.31. The minimum absolute atomic E-state index is 0.0615. The first-order chi connectivity index (χ1) is 20.9. The fraction of sp³-hybridized carbons (Fsp3) is 0.469. The Kier molecular flexibility index (Phi) is 7.73. The quantitative estimate of drug-likeness (QED) is 0.276. The largest absolute Gasteiger partial charge is 0.444 e. The Hall–Kier alpha value is -4.19. The van der Waals surface area contributed by atoms with Crippen LogP contribution in [-0.2, 0) is 11.3 Å². The van der Waals surface area contributed by atoms with Gasteiger partial charge in [-0.15, -0.1) is 0 Å². The molecule has 2 fully saturated rings. The molecule has 10 nitrogen and oxygen atoms in total. The fourth-order valence-electron chi connectivity index (χ4n) is 6.23. The molecular formula is C32H38F2N8O2. The third kappa shape index (κ3) is 5.95. The summed E-state index contributed by atoms with van der Waals surface area (Å²) in [6, 6.07) is 4.92. The molecule has 0 spiro atoms. The van der Waals surface area contributed by atoms with Gasteiger partial charge in [0.25, 0.3) is 0 Å². The van der Waals surface area contributed by atoms with Crippen LogP contribution in [0.5, 0.6) is 0 Å². The molecule has 5 heterocycles. The number of likely N-dealkylation sites (tertiary alicyclic amines) is 2. The second-order valence-corrected chi connectivity index (χ2v) is 13.0. The number of rotatable bonds is 6. The second-order valence-electron chi connectivity index (χ2n) is 13.0. The number of nitrogens with zero attached hydrogens (tertiary/aromatic N) is 7. The molecule has 0 unspecified atom stereocenters. The summed E-state index contributed by atoms with van der Waals surface area (Å²) in [5.41, 5.74) is 1.88. The zero-order valence-electron chi connectivity index (χ0n) is 25.9. The Bertz CT molecular complexity index is 1700. The van der Waals surface area contributed by atoms with Crippen LogP contribution in [0, 0.1) is 24.5 Å². The average molecular weight is 605 g/mol. The number of ether oxygens (including phenoxy) is 1. The van der Waals surface area contributed by atoms with Crippen molar-refractivity contribution in [1.29, 1.82) is 0 Å². The molecule has 2 atom stereocenters. The van der Waals surface area contributed by atoms with E-state index in [2.05, 4.69) is 30.2 Å². The first kappa shape index (κ1) is 29.9. The average Bonchev–Trinajstić information content (AvgIpc) is 3.29. The van der Waals surface area contributed by atoms with Gasteiger partial charge in [0.2, 0.25) is 5.95 Å². The van der Waals surface area contributed by atoms with Gasteiger partial charge in [0.05, 0.1) is 11.7 Å². The lowest BCUT2D eigenvalue weighted by molar-refractivity contribution is -0.0557. The summed E-state index contributed by atoms with van der Waals surface area (Å²) in [5, 5.41) is 3.03. The number of aromatic nitrogens is 5. The van der Waals surface area contributed by atoms with Crippen molar-refractivity contribution in [3.05, 3.63) is 59.8 Å². The first-order valence-corrected chi connectivity index (χ1v) is 15.0. The molecule has 3 aromatic heterocycles. The highest BCUT2D eigenvalue weighted by molar-refractivity contribution is 5.84. The molecule has 0 aliphatic carbocycles. The van der Waals surface area contributed by atoms with Crippen LogP contribution in [0.1, 0.15) is 58.5 Å². The van der Waals surface area contributed by atoms with Crippen LogP contribution in [0.2, 0.25) is 0 Å². The van der Waals surface area contributed by atoms with Gasteiger partial charge in [0.1, 0.15) is 28.6 Å². The van der Waals surface area contributed by atoms with Crippen LogP contribution in [0.15, 0.2) is 36.8 Å². The highest BCUT2D eigenvalue weighted by Crippen LogP contribution is 2.35. The van der Waals surface area contributed by atoms with Crippen LogP contribution < -0.4 is 5.32 Å². The van der Waals surface area contributed by atoms with E-state index in [1.807, 2.05) is 46.1 Å². The van der Waals surface area contributed by atoms with Crippen molar-refractivity contribution < 1.29 is 18.3 Å². The van der Waals surface area contributed by atoms with Gasteiger partial charge < -0.3 is 19.5 Å². The molecule has 2 saturated heterocycles. The highest BCUT2D eigenvalue weighted by atomic mass is 19.1. The van der Waals surface area contributed by atoms with E-state index >= 15 is 4.39 Å². The Morgan fingerprint density at radius 2 is 1.82 bits per heavy atom. The van der Waals surface area contributed by atoms with Crippen molar-refractivity contribution in [2.24, 2.45) is 5.92 Å². The van der Waals surface area contributed by atoms with Gasteiger partial charge in [-0.1, -0.05) is 0 Å². The van der Waals surface area contributed by atoms with Crippen LogP contribution in [-0.4, -0.2) is 71.7 Å².